The zero-order valence-electron chi connectivity index (χ0n) is 9.53. The molecule has 1 aliphatic rings. The van der Waals surface area contributed by atoms with Gasteiger partial charge in [-0.15, -0.1) is 0 Å². The van der Waals surface area contributed by atoms with Gasteiger partial charge in [0.1, 0.15) is 12.6 Å². The number of carbonyl (C=O) groups is 1. The first kappa shape index (κ1) is 12.8. The van der Waals surface area contributed by atoms with E-state index in [0.29, 0.717) is 0 Å². The van der Waals surface area contributed by atoms with Crippen molar-refractivity contribution >= 4 is 5.97 Å². The molecule has 18 heavy (non-hydrogen) atoms. The van der Waals surface area contributed by atoms with E-state index in [1.54, 1.807) is 0 Å². The zero-order valence-corrected chi connectivity index (χ0v) is 9.53. The third-order valence-electron chi connectivity index (χ3n) is 2.63. The van der Waals surface area contributed by atoms with Gasteiger partial charge in [0.15, 0.2) is 17.4 Å². The summed E-state index contributed by atoms with van der Waals surface area (Å²) >= 11 is 0. The zero-order chi connectivity index (χ0) is 13.1. The fourth-order valence-corrected chi connectivity index (χ4v) is 1.51. The molecule has 0 radical (unpaired) electrons. The summed E-state index contributed by atoms with van der Waals surface area (Å²) in [6, 6.07) is 2.54. The molecule has 1 saturated carbocycles. The van der Waals surface area contributed by atoms with E-state index in [1.165, 1.54) is 6.07 Å². The number of halogens is 2. The summed E-state index contributed by atoms with van der Waals surface area (Å²) in [5.74, 6) is -3.32. The van der Waals surface area contributed by atoms with Crippen LogP contribution in [0.1, 0.15) is 12.8 Å². The summed E-state index contributed by atoms with van der Waals surface area (Å²) in [4.78, 5) is 10.9. The Morgan fingerprint density at radius 3 is 2.56 bits per heavy atom. The van der Waals surface area contributed by atoms with Crippen LogP contribution in [0, 0.1) is 11.6 Å². The molecule has 0 bridgehead atoms. The highest BCUT2D eigenvalue weighted by atomic mass is 19.1. The van der Waals surface area contributed by atoms with Gasteiger partial charge in [-0.3, -0.25) is 10.1 Å². The molecule has 0 heterocycles. The van der Waals surface area contributed by atoms with Crippen LogP contribution in [0.25, 0.3) is 0 Å². The number of rotatable bonds is 6. The second-order valence-electron chi connectivity index (χ2n) is 4.19. The molecule has 4 nitrogen and oxygen atoms in total. The first-order chi connectivity index (χ1) is 8.58. The smallest absolute Gasteiger partial charge is 0.324 e. The molecule has 2 rings (SSSR count). The maximum absolute atomic E-state index is 13.2. The number of carboxylic acid groups (broad SMARTS) is 1. The predicted octanol–water partition coefficient (Wildman–Crippen LogP) is 1.55. The molecule has 0 saturated heterocycles. The molecule has 1 aliphatic carbocycles. The van der Waals surface area contributed by atoms with Crippen molar-refractivity contribution in [1.29, 1.82) is 0 Å². The van der Waals surface area contributed by atoms with Crippen molar-refractivity contribution in [3.05, 3.63) is 29.8 Å². The summed E-state index contributed by atoms with van der Waals surface area (Å²) in [5.41, 5.74) is 0. The first-order valence-electron chi connectivity index (χ1n) is 5.63. The van der Waals surface area contributed by atoms with Crippen LogP contribution in [-0.4, -0.2) is 29.8 Å². The molecule has 2 N–H and O–H groups in total. The fraction of sp³-hybridized carbons (Fsp3) is 0.417. The van der Waals surface area contributed by atoms with Crippen LogP contribution >= 0.6 is 0 Å². The Labute approximate surface area is 103 Å². The average Bonchev–Trinajstić information content (AvgIpc) is 3.10. The monoisotopic (exact) mass is 257 g/mol. The van der Waals surface area contributed by atoms with Crippen LogP contribution in [0.3, 0.4) is 0 Å². The van der Waals surface area contributed by atoms with E-state index < -0.39 is 29.4 Å². The van der Waals surface area contributed by atoms with Crippen LogP contribution in [0.2, 0.25) is 0 Å². The lowest BCUT2D eigenvalue weighted by Crippen LogP contribution is -2.42. The molecular formula is C12H13F2NO3. The van der Waals surface area contributed by atoms with Crippen LogP contribution in [0.4, 0.5) is 8.78 Å². The van der Waals surface area contributed by atoms with E-state index in [0.717, 1.165) is 25.0 Å². The molecule has 1 atom stereocenters. The summed E-state index contributed by atoms with van der Waals surface area (Å²) in [6.45, 7) is -0.316. The van der Waals surface area contributed by atoms with Crippen LogP contribution < -0.4 is 10.1 Å². The molecule has 1 fully saturated rings. The summed E-state index contributed by atoms with van der Waals surface area (Å²) in [6.07, 6.45) is 1.83. The lowest BCUT2D eigenvalue weighted by atomic mass is 10.3. The Balaban J connectivity index is 1.97. The standard InChI is InChI=1S/C12H13F2NO3/c13-8-2-1-3-9(14)11(8)18-6-10(12(16)17)15-7-4-5-7/h1-3,7,10,15H,4-6H2,(H,16,17). The van der Waals surface area contributed by atoms with Gasteiger partial charge >= 0.3 is 5.97 Å². The van der Waals surface area contributed by atoms with Gasteiger partial charge in [-0.05, 0) is 25.0 Å². The molecular weight excluding hydrogens is 244 g/mol. The van der Waals surface area contributed by atoms with Crippen LogP contribution in [0.15, 0.2) is 18.2 Å². The van der Waals surface area contributed by atoms with Crippen molar-refractivity contribution in [2.24, 2.45) is 0 Å². The number of aliphatic carboxylic acids is 1. The van der Waals surface area contributed by atoms with Gasteiger partial charge in [0, 0.05) is 6.04 Å². The number of nitrogens with one attached hydrogen (secondary N) is 1. The van der Waals surface area contributed by atoms with Gasteiger partial charge < -0.3 is 9.84 Å². The largest absolute Gasteiger partial charge is 0.485 e. The molecule has 1 aromatic rings. The fourth-order valence-electron chi connectivity index (χ4n) is 1.51. The summed E-state index contributed by atoms with van der Waals surface area (Å²) < 4.78 is 31.4. The Kier molecular flexibility index (Phi) is 3.76. The van der Waals surface area contributed by atoms with Crippen LogP contribution in [0.5, 0.6) is 5.75 Å². The van der Waals surface area contributed by atoms with E-state index in [1.807, 2.05) is 0 Å². The van der Waals surface area contributed by atoms with E-state index in [9.17, 15) is 13.6 Å². The second kappa shape index (κ2) is 5.30. The highest BCUT2D eigenvalue weighted by molar-refractivity contribution is 5.73. The van der Waals surface area contributed by atoms with Crippen molar-refractivity contribution < 1.29 is 23.4 Å². The summed E-state index contributed by atoms with van der Waals surface area (Å²) in [5, 5.41) is 11.8. The minimum absolute atomic E-state index is 0.167. The Hall–Kier alpha value is -1.69. The van der Waals surface area contributed by atoms with Crippen LogP contribution in [-0.2, 0) is 4.79 Å². The van der Waals surface area contributed by atoms with Crippen molar-refractivity contribution in [2.75, 3.05) is 6.61 Å². The van der Waals surface area contributed by atoms with E-state index in [4.69, 9.17) is 9.84 Å². The maximum Gasteiger partial charge on any atom is 0.324 e. The van der Waals surface area contributed by atoms with Crippen molar-refractivity contribution in [3.63, 3.8) is 0 Å². The molecule has 0 amide bonds. The van der Waals surface area contributed by atoms with Crippen molar-refractivity contribution in [1.82, 2.24) is 5.32 Å². The van der Waals surface area contributed by atoms with E-state index in [2.05, 4.69) is 5.32 Å². The molecule has 1 unspecified atom stereocenters. The number of hydrogen-bond donors (Lipinski definition) is 2. The topological polar surface area (TPSA) is 58.6 Å². The Morgan fingerprint density at radius 2 is 2.06 bits per heavy atom. The summed E-state index contributed by atoms with van der Waals surface area (Å²) in [7, 11) is 0. The molecule has 6 heteroatoms. The van der Waals surface area contributed by atoms with Gasteiger partial charge in [-0.25, -0.2) is 8.78 Å². The molecule has 98 valence electrons. The Morgan fingerprint density at radius 1 is 1.44 bits per heavy atom. The number of para-hydroxylation sites is 1. The number of ether oxygens (including phenoxy) is 1. The third kappa shape index (κ3) is 3.16. The maximum atomic E-state index is 13.2. The molecule has 1 aromatic carbocycles. The van der Waals surface area contributed by atoms with Gasteiger partial charge in [0.05, 0.1) is 0 Å². The quantitative estimate of drug-likeness (QED) is 0.811. The average molecular weight is 257 g/mol. The number of benzene rings is 1. The molecule has 0 spiro atoms. The molecule has 0 aromatic heterocycles. The van der Waals surface area contributed by atoms with Gasteiger partial charge in [0.25, 0.3) is 0 Å². The van der Waals surface area contributed by atoms with Gasteiger partial charge in [-0.2, -0.15) is 0 Å². The predicted molar refractivity (Wildman–Crippen MR) is 59.4 cm³/mol. The third-order valence-corrected chi connectivity index (χ3v) is 2.63. The lowest BCUT2D eigenvalue weighted by Gasteiger charge is -2.15. The SMILES string of the molecule is O=C(O)C(COc1c(F)cccc1F)NC1CC1. The van der Waals surface area contributed by atoms with Crippen molar-refractivity contribution in [3.8, 4) is 5.75 Å². The second-order valence-corrected chi connectivity index (χ2v) is 4.19. The number of carboxylic acids is 1. The van der Waals surface area contributed by atoms with E-state index >= 15 is 0 Å². The molecule has 0 aliphatic heterocycles. The normalized spacial score (nSPS) is 16.3. The van der Waals surface area contributed by atoms with Gasteiger partial charge in [0.2, 0.25) is 0 Å². The minimum Gasteiger partial charge on any atom is -0.485 e. The van der Waals surface area contributed by atoms with E-state index in [-0.39, 0.29) is 12.6 Å². The minimum atomic E-state index is -1.10. The van der Waals surface area contributed by atoms with Gasteiger partial charge in [-0.1, -0.05) is 6.07 Å². The first-order valence-corrected chi connectivity index (χ1v) is 5.63. The van der Waals surface area contributed by atoms with Crippen molar-refractivity contribution in [2.45, 2.75) is 24.9 Å². The Bertz CT molecular complexity index is 429. The lowest BCUT2D eigenvalue weighted by molar-refractivity contribution is -0.140. The highest BCUT2D eigenvalue weighted by Crippen LogP contribution is 2.22. The number of hydrogen-bond acceptors (Lipinski definition) is 3. The highest BCUT2D eigenvalue weighted by Gasteiger charge is 2.29.